The Kier molecular flexibility index (Phi) is 9.39. The molecule has 0 amide bonds. The third-order valence-electron chi connectivity index (χ3n) is 4.98. The molecule has 0 radical (unpaired) electrons. The van der Waals surface area contributed by atoms with E-state index in [-0.39, 0.29) is 24.1 Å². The molecule has 2 N–H and O–H groups in total. The molecule has 0 saturated carbocycles. The van der Waals surface area contributed by atoms with Crippen LogP contribution in [0.5, 0.6) is 17.5 Å². The summed E-state index contributed by atoms with van der Waals surface area (Å²) in [5.41, 5.74) is 2.36. The average Bonchev–Trinajstić information content (AvgIpc) is 3.34. The van der Waals surface area contributed by atoms with Gasteiger partial charge in [0.2, 0.25) is 0 Å². The molecule has 13 heteroatoms. The molecule has 36 heavy (non-hydrogen) atoms. The molecular formula is C23H23Cl2N7O4. The Bertz CT molecular complexity index is 1300. The summed E-state index contributed by atoms with van der Waals surface area (Å²) in [5.74, 6) is 1.03. The third-order valence-corrected chi connectivity index (χ3v) is 5.29. The van der Waals surface area contributed by atoms with E-state index in [2.05, 4.69) is 26.2 Å². The summed E-state index contributed by atoms with van der Waals surface area (Å²) < 4.78 is 12.9. The van der Waals surface area contributed by atoms with Crippen molar-refractivity contribution in [2.24, 2.45) is 0 Å². The Labute approximate surface area is 217 Å². The maximum Gasteiger partial charge on any atom is 0.346 e. The molecule has 188 valence electrons. The number of hydrogen-bond donors (Lipinski definition) is 2. The number of aromatic nitrogens is 4. The van der Waals surface area contributed by atoms with E-state index in [1.165, 1.54) is 16.8 Å². The minimum atomic E-state index is -0.479. The highest BCUT2D eigenvalue weighted by atomic mass is 35.5. The second-order valence-electron chi connectivity index (χ2n) is 7.32. The number of nitro benzene ring substituents is 1. The van der Waals surface area contributed by atoms with Crippen LogP contribution in [0.25, 0.3) is 5.69 Å². The van der Waals surface area contributed by atoms with Crippen molar-refractivity contribution in [1.82, 2.24) is 25.5 Å². The molecule has 1 aromatic heterocycles. The Morgan fingerprint density at radius 2 is 1.86 bits per heavy atom. The summed E-state index contributed by atoms with van der Waals surface area (Å²) >= 11 is 6.10. The Hall–Kier alpha value is -3.93. The van der Waals surface area contributed by atoms with Crippen molar-refractivity contribution in [3.8, 4) is 23.2 Å². The van der Waals surface area contributed by atoms with E-state index in [4.69, 9.17) is 21.1 Å². The number of hydrogen-bond acceptors (Lipinski definition) is 9. The molecule has 1 heterocycles. The van der Waals surface area contributed by atoms with Crippen LogP contribution in [0.1, 0.15) is 5.56 Å². The van der Waals surface area contributed by atoms with E-state index in [1.54, 1.807) is 19.2 Å². The standard InChI is InChI=1S/C23H22ClN7O4.ClH/c1-34-22-13-16(15-25-11-12-26-20-9-8-18(31(32)33)14-19(20)24)7-10-21(22)35-23-27-28-29-30(23)17-5-3-2-4-6-17;/h2-10,13-14,25-26H,11-12,15H2,1H3;1H. The van der Waals surface area contributed by atoms with Gasteiger partial charge in [-0.15, -0.1) is 12.4 Å². The molecule has 0 spiro atoms. The molecule has 3 aromatic carbocycles. The van der Waals surface area contributed by atoms with Crippen molar-refractivity contribution >= 4 is 35.4 Å². The number of methoxy groups -OCH3 is 1. The molecule has 0 atom stereocenters. The highest BCUT2D eigenvalue weighted by Gasteiger charge is 2.14. The van der Waals surface area contributed by atoms with Gasteiger partial charge in [-0.2, -0.15) is 4.68 Å². The van der Waals surface area contributed by atoms with Crippen LogP contribution in [0.2, 0.25) is 5.02 Å². The van der Waals surface area contributed by atoms with E-state index in [1.807, 2.05) is 42.5 Å². The molecule has 0 aliphatic carbocycles. The first-order valence-electron chi connectivity index (χ1n) is 10.6. The molecular weight excluding hydrogens is 509 g/mol. The topological polar surface area (TPSA) is 129 Å². The number of non-ortho nitro benzene ring substituents is 1. The van der Waals surface area contributed by atoms with Gasteiger partial charge < -0.3 is 20.1 Å². The number of nitro groups is 1. The third kappa shape index (κ3) is 6.60. The number of nitrogens with one attached hydrogen (secondary N) is 2. The number of halogens is 2. The fraction of sp³-hybridized carbons (Fsp3) is 0.174. The van der Waals surface area contributed by atoms with Crippen LogP contribution in [-0.4, -0.2) is 45.3 Å². The van der Waals surface area contributed by atoms with Crippen LogP contribution >= 0.6 is 24.0 Å². The lowest BCUT2D eigenvalue weighted by atomic mass is 10.2. The molecule has 4 aromatic rings. The molecule has 4 rings (SSSR count). The summed E-state index contributed by atoms with van der Waals surface area (Å²) in [6.45, 7) is 1.81. The summed E-state index contributed by atoms with van der Waals surface area (Å²) in [5, 5.41) is 29.2. The quantitative estimate of drug-likeness (QED) is 0.161. The van der Waals surface area contributed by atoms with Crippen LogP contribution in [-0.2, 0) is 6.54 Å². The fourth-order valence-electron chi connectivity index (χ4n) is 3.26. The average molecular weight is 532 g/mol. The first-order valence-corrected chi connectivity index (χ1v) is 11.0. The zero-order valence-corrected chi connectivity index (χ0v) is 20.7. The van der Waals surface area contributed by atoms with Crippen LogP contribution in [0.3, 0.4) is 0 Å². The maximum absolute atomic E-state index is 10.8. The second kappa shape index (κ2) is 12.7. The minimum Gasteiger partial charge on any atom is -0.493 e. The van der Waals surface area contributed by atoms with Crippen LogP contribution in [0, 0.1) is 10.1 Å². The Morgan fingerprint density at radius 1 is 1.06 bits per heavy atom. The van der Waals surface area contributed by atoms with E-state index in [0.717, 1.165) is 11.3 Å². The monoisotopic (exact) mass is 531 g/mol. The summed E-state index contributed by atoms with van der Waals surface area (Å²) in [6.07, 6.45) is 0. The van der Waals surface area contributed by atoms with Crippen molar-refractivity contribution in [3.63, 3.8) is 0 Å². The van der Waals surface area contributed by atoms with Crippen LogP contribution in [0.4, 0.5) is 11.4 Å². The Balaban J connectivity index is 0.00000361. The number of para-hydroxylation sites is 1. The van der Waals surface area contributed by atoms with Crippen molar-refractivity contribution in [3.05, 3.63) is 87.4 Å². The van der Waals surface area contributed by atoms with Gasteiger partial charge >= 0.3 is 6.01 Å². The largest absolute Gasteiger partial charge is 0.493 e. The van der Waals surface area contributed by atoms with Gasteiger partial charge in [0.1, 0.15) is 0 Å². The predicted molar refractivity (Wildman–Crippen MR) is 138 cm³/mol. The van der Waals surface area contributed by atoms with Gasteiger partial charge in [0.25, 0.3) is 5.69 Å². The lowest BCUT2D eigenvalue weighted by molar-refractivity contribution is -0.384. The lowest BCUT2D eigenvalue weighted by Crippen LogP contribution is -2.21. The van der Waals surface area contributed by atoms with E-state index >= 15 is 0 Å². The molecule has 0 saturated heterocycles. The van der Waals surface area contributed by atoms with Gasteiger partial charge in [0.05, 0.1) is 28.4 Å². The van der Waals surface area contributed by atoms with Gasteiger partial charge in [-0.1, -0.05) is 41.0 Å². The number of ether oxygens (including phenoxy) is 2. The summed E-state index contributed by atoms with van der Waals surface area (Å²) in [4.78, 5) is 10.3. The molecule has 11 nitrogen and oxygen atoms in total. The van der Waals surface area contributed by atoms with Gasteiger partial charge in [0.15, 0.2) is 11.5 Å². The van der Waals surface area contributed by atoms with Gasteiger partial charge in [0, 0.05) is 31.8 Å². The maximum atomic E-state index is 10.8. The highest BCUT2D eigenvalue weighted by molar-refractivity contribution is 6.33. The second-order valence-corrected chi connectivity index (χ2v) is 7.73. The Morgan fingerprint density at radius 3 is 2.58 bits per heavy atom. The number of anilines is 1. The molecule has 0 aliphatic heterocycles. The van der Waals surface area contributed by atoms with Crippen molar-refractivity contribution in [1.29, 1.82) is 0 Å². The zero-order chi connectivity index (χ0) is 24.6. The number of nitrogens with zero attached hydrogens (tertiary/aromatic N) is 5. The van der Waals surface area contributed by atoms with Gasteiger partial charge in [-0.3, -0.25) is 10.1 Å². The summed E-state index contributed by atoms with van der Waals surface area (Å²) in [7, 11) is 1.57. The predicted octanol–water partition coefficient (Wildman–Crippen LogP) is 4.65. The molecule has 0 bridgehead atoms. The molecule has 0 fully saturated rings. The SMILES string of the molecule is COc1cc(CNCCNc2ccc([N+](=O)[O-])cc2Cl)ccc1Oc1nnnn1-c1ccccc1.Cl. The normalized spacial score (nSPS) is 10.4. The number of rotatable bonds is 11. The van der Waals surface area contributed by atoms with Crippen molar-refractivity contribution < 1.29 is 14.4 Å². The lowest BCUT2D eigenvalue weighted by Gasteiger charge is -2.12. The molecule has 0 unspecified atom stereocenters. The highest BCUT2D eigenvalue weighted by Crippen LogP contribution is 2.32. The van der Waals surface area contributed by atoms with Crippen LogP contribution < -0.4 is 20.1 Å². The number of tetrazole rings is 1. The van der Waals surface area contributed by atoms with Crippen molar-refractivity contribution in [2.75, 3.05) is 25.5 Å². The fourth-order valence-corrected chi connectivity index (χ4v) is 3.50. The van der Waals surface area contributed by atoms with Gasteiger partial charge in [-0.25, -0.2) is 0 Å². The first-order chi connectivity index (χ1) is 17.0. The van der Waals surface area contributed by atoms with E-state index in [9.17, 15) is 10.1 Å². The molecule has 0 aliphatic rings. The van der Waals surface area contributed by atoms with Crippen molar-refractivity contribution in [2.45, 2.75) is 6.54 Å². The van der Waals surface area contributed by atoms with E-state index < -0.39 is 4.92 Å². The van der Waals surface area contributed by atoms with E-state index in [0.29, 0.717) is 41.8 Å². The smallest absolute Gasteiger partial charge is 0.346 e. The summed E-state index contributed by atoms with van der Waals surface area (Å²) in [6, 6.07) is 19.6. The minimum absolute atomic E-state index is 0. The first kappa shape index (κ1) is 26.7. The van der Waals surface area contributed by atoms with Gasteiger partial charge in [-0.05, 0) is 46.3 Å². The van der Waals surface area contributed by atoms with Crippen LogP contribution in [0.15, 0.2) is 66.7 Å². The zero-order valence-electron chi connectivity index (χ0n) is 19.1. The number of benzene rings is 3.